The van der Waals surface area contributed by atoms with Crippen molar-refractivity contribution in [1.82, 2.24) is 14.6 Å². The van der Waals surface area contributed by atoms with Gasteiger partial charge >= 0.3 is 5.65 Å². The summed E-state index contributed by atoms with van der Waals surface area (Å²) in [6.07, 6.45) is 1.66. The van der Waals surface area contributed by atoms with Crippen molar-refractivity contribution in [1.29, 1.82) is 0 Å². The lowest BCUT2D eigenvalue weighted by Crippen LogP contribution is -2.32. The first kappa shape index (κ1) is 10.5. The number of aromatic amines is 1. The van der Waals surface area contributed by atoms with Crippen LogP contribution in [0.3, 0.4) is 0 Å². The summed E-state index contributed by atoms with van der Waals surface area (Å²) in [5.41, 5.74) is 0.744. The Hall–Kier alpha value is -2.05. The van der Waals surface area contributed by atoms with Gasteiger partial charge in [-0.15, -0.1) is 0 Å². The van der Waals surface area contributed by atoms with Crippen LogP contribution >= 0.6 is 0 Å². The first-order valence-electron chi connectivity index (χ1n) is 5.01. The third-order valence-electron chi connectivity index (χ3n) is 2.42. The van der Waals surface area contributed by atoms with E-state index in [-0.39, 0.29) is 5.56 Å². The van der Waals surface area contributed by atoms with Crippen LogP contribution in [0.25, 0.3) is 11.2 Å². The number of anilines is 1. The third-order valence-corrected chi connectivity index (χ3v) is 2.42. The number of nitrogen functional groups attached to an aromatic ring is 1. The standard InChI is InChI=1S/C9H14N6O/c1-4-14-5-15(10)6-7(14)11-9(13(2)3)12-8(6)16/h5H,4,10H2,1-3H3/p+1. The minimum absolute atomic E-state index is 0.233. The Kier molecular flexibility index (Phi) is 2.30. The van der Waals surface area contributed by atoms with Crippen molar-refractivity contribution in [2.75, 3.05) is 24.8 Å². The number of aryl methyl sites for hydroxylation is 1. The summed E-state index contributed by atoms with van der Waals surface area (Å²) in [4.78, 5) is 20.6. The molecule has 2 heterocycles. The second-order valence-corrected chi connectivity index (χ2v) is 3.76. The maximum atomic E-state index is 11.8. The molecule has 0 amide bonds. The molecule has 0 saturated heterocycles. The van der Waals surface area contributed by atoms with Gasteiger partial charge in [-0.05, 0) is 6.92 Å². The molecule has 2 aromatic rings. The van der Waals surface area contributed by atoms with E-state index in [1.165, 1.54) is 4.68 Å². The minimum Gasteiger partial charge on any atom is -0.334 e. The van der Waals surface area contributed by atoms with E-state index in [0.717, 1.165) is 0 Å². The number of nitrogens with zero attached hydrogens (tertiary/aromatic N) is 4. The van der Waals surface area contributed by atoms with Gasteiger partial charge in [-0.3, -0.25) is 15.6 Å². The smallest absolute Gasteiger partial charge is 0.313 e. The molecule has 0 atom stereocenters. The van der Waals surface area contributed by atoms with Crippen LogP contribution in [0.1, 0.15) is 6.92 Å². The van der Waals surface area contributed by atoms with Crippen LogP contribution in [-0.2, 0) is 6.54 Å². The van der Waals surface area contributed by atoms with Crippen LogP contribution < -0.4 is 20.9 Å². The maximum Gasteiger partial charge on any atom is 0.313 e. The highest BCUT2D eigenvalue weighted by Gasteiger charge is 2.20. The fourth-order valence-electron chi connectivity index (χ4n) is 1.58. The quantitative estimate of drug-likeness (QED) is 0.495. The van der Waals surface area contributed by atoms with E-state index in [9.17, 15) is 4.79 Å². The van der Waals surface area contributed by atoms with Gasteiger partial charge in [0.1, 0.15) is 0 Å². The Morgan fingerprint density at radius 1 is 1.62 bits per heavy atom. The number of nitrogens with one attached hydrogen (secondary N) is 1. The van der Waals surface area contributed by atoms with Crippen LogP contribution in [0.5, 0.6) is 0 Å². The Labute approximate surface area is 92.1 Å². The second kappa shape index (κ2) is 3.51. The lowest BCUT2D eigenvalue weighted by atomic mass is 10.5. The number of aromatic nitrogens is 4. The molecule has 3 N–H and O–H groups in total. The zero-order chi connectivity index (χ0) is 11.9. The van der Waals surface area contributed by atoms with Crippen molar-refractivity contribution in [2.24, 2.45) is 0 Å². The van der Waals surface area contributed by atoms with E-state index >= 15 is 0 Å². The molecule has 7 nitrogen and oxygen atoms in total. The first-order valence-corrected chi connectivity index (χ1v) is 5.01. The molecule has 0 aliphatic rings. The summed E-state index contributed by atoms with van der Waals surface area (Å²) in [6, 6.07) is 0. The predicted octanol–water partition coefficient (Wildman–Crippen LogP) is -1.19. The van der Waals surface area contributed by atoms with Gasteiger partial charge in [0, 0.05) is 14.1 Å². The van der Waals surface area contributed by atoms with Gasteiger partial charge in [-0.1, -0.05) is 4.98 Å². The van der Waals surface area contributed by atoms with Gasteiger partial charge in [0.2, 0.25) is 6.33 Å². The number of rotatable bonds is 2. The maximum absolute atomic E-state index is 11.8. The van der Waals surface area contributed by atoms with Gasteiger partial charge in [0.15, 0.2) is 0 Å². The van der Waals surface area contributed by atoms with Crippen LogP contribution in [-0.4, -0.2) is 28.7 Å². The average molecular weight is 223 g/mol. The fraction of sp³-hybridized carbons (Fsp3) is 0.444. The Morgan fingerprint density at radius 3 is 2.88 bits per heavy atom. The van der Waals surface area contributed by atoms with Crippen LogP contribution in [0.2, 0.25) is 0 Å². The van der Waals surface area contributed by atoms with Crippen LogP contribution in [0.4, 0.5) is 5.95 Å². The van der Waals surface area contributed by atoms with Gasteiger partial charge in [-0.25, -0.2) is 4.57 Å². The van der Waals surface area contributed by atoms with Crippen molar-refractivity contribution in [2.45, 2.75) is 13.5 Å². The summed E-state index contributed by atoms with van der Waals surface area (Å²) in [5, 5.41) is 0. The molecule has 2 rings (SSSR count). The van der Waals surface area contributed by atoms with Crippen LogP contribution in [0, 0.1) is 0 Å². The summed E-state index contributed by atoms with van der Waals surface area (Å²) in [7, 11) is 3.64. The molecule has 0 radical (unpaired) electrons. The molecule has 0 saturated carbocycles. The first-order chi connectivity index (χ1) is 7.54. The highest BCUT2D eigenvalue weighted by Crippen LogP contribution is 2.05. The molecule has 2 aromatic heterocycles. The Bertz CT molecular complexity index is 581. The van der Waals surface area contributed by atoms with Gasteiger partial charge < -0.3 is 4.90 Å². The normalized spacial score (nSPS) is 10.9. The molecule has 0 bridgehead atoms. The second-order valence-electron chi connectivity index (χ2n) is 3.76. The van der Waals surface area contributed by atoms with E-state index in [2.05, 4.69) is 9.97 Å². The van der Waals surface area contributed by atoms with E-state index in [1.54, 1.807) is 11.2 Å². The molecular formula is C9H15N6O+. The summed E-state index contributed by atoms with van der Waals surface area (Å²) in [5.74, 6) is 6.22. The molecule has 0 spiro atoms. The van der Waals surface area contributed by atoms with Crippen molar-refractivity contribution >= 4 is 17.1 Å². The van der Waals surface area contributed by atoms with Crippen molar-refractivity contribution in [3.05, 3.63) is 16.7 Å². The topological polar surface area (TPSA) is 83.8 Å². The van der Waals surface area contributed by atoms with E-state index in [0.29, 0.717) is 23.7 Å². The average Bonchev–Trinajstić information content (AvgIpc) is 2.55. The van der Waals surface area contributed by atoms with Crippen molar-refractivity contribution in [3.8, 4) is 0 Å². The molecule has 0 aliphatic heterocycles. The zero-order valence-electron chi connectivity index (χ0n) is 9.56. The van der Waals surface area contributed by atoms with Crippen molar-refractivity contribution in [3.63, 3.8) is 0 Å². The highest BCUT2D eigenvalue weighted by molar-refractivity contribution is 5.67. The monoisotopic (exact) mass is 223 g/mol. The minimum atomic E-state index is -0.233. The van der Waals surface area contributed by atoms with E-state index < -0.39 is 0 Å². The third kappa shape index (κ3) is 1.40. The summed E-state index contributed by atoms with van der Waals surface area (Å²) < 4.78 is 3.13. The largest absolute Gasteiger partial charge is 0.334 e. The van der Waals surface area contributed by atoms with E-state index in [4.69, 9.17) is 5.84 Å². The zero-order valence-corrected chi connectivity index (χ0v) is 9.56. The van der Waals surface area contributed by atoms with Crippen molar-refractivity contribution < 1.29 is 4.57 Å². The summed E-state index contributed by atoms with van der Waals surface area (Å²) >= 11 is 0. The van der Waals surface area contributed by atoms with E-state index in [1.807, 2.05) is 25.6 Å². The van der Waals surface area contributed by atoms with Gasteiger partial charge in [-0.2, -0.15) is 4.68 Å². The molecule has 7 heteroatoms. The number of imidazole rings is 1. The van der Waals surface area contributed by atoms with Gasteiger partial charge in [0.05, 0.1) is 6.54 Å². The van der Waals surface area contributed by atoms with Gasteiger partial charge in [0.25, 0.3) is 17.0 Å². The number of nitrogens with two attached hydrogens (primary N) is 1. The molecule has 0 unspecified atom stereocenters. The molecule has 16 heavy (non-hydrogen) atoms. The Balaban J connectivity index is 2.84. The SMILES string of the molecule is CC[n+]1cn(N)c2c(=O)[nH]c(N(C)C)nc21. The number of H-pyrrole nitrogens is 1. The molecule has 0 aliphatic carbocycles. The molecule has 86 valence electrons. The summed E-state index contributed by atoms with van der Waals surface area (Å²) in [6.45, 7) is 2.68. The van der Waals surface area contributed by atoms with Crippen LogP contribution in [0.15, 0.2) is 11.1 Å². The number of fused-ring (bicyclic) bond motifs is 1. The molecule has 0 fully saturated rings. The Morgan fingerprint density at radius 2 is 2.31 bits per heavy atom. The molecular weight excluding hydrogens is 208 g/mol. The highest BCUT2D eigenvalue weighted by atomic mass is 16.1. The molecule has 0 aromatic carbocycles. The number of hydrogen-bond donors (Lipinski definition) is 2. The number of hydrogen-bond acceptors (Lipinski definition) is 4. The lowest BCUT2D eigenvalue weighted by molar-refractivity contribution is -0.670. The fourth-order valence-corrected chi connectivity index (χ4v) is 1.58. The predicted molar refractivity (Wildman–Crippen MR) is 60.7 cm³/mol. The lowest BCUT2D eigenvalue weighted by Gasteiger charge is -2.05.